The van der Waals surface area contributed by atoms with E-state index in [1.807, 2.05) is 12.1 Å². The van der Waals surface area contributed by atoms with Crippen molar-refractivity contribution in [2.24, 2.45) is 11.8 Å². The topological polar surface area (TPSA) is 70.5 Å². The maximum Gasteiger partial charge on any atom is 0.394 e. The lowest BCUT2D eigenvalue weighted by atomic mass is 9.96. The summed E-state index contributed by atoms with van der Waals surface area (Å²) in [7, 11) is 0. The molecule has 1 aromatic heterocycles. The number of carboxylic acids is 1. The van der Waals surface area contributed by atoms with Crippen LogP contribution in [0.2, 0.25) is 0 Å². The number of halogens is 3. The first-order valence-corrected chi connectivity index (χ1v) is 8.62. The Morgan fingerprint density at radius 2 is 1.79 bits per heavy atom. The number of hydrogen-bond donors (Lipinski definition) is 1. The number of carboxylic acid groups (broad SMARTS) is 1. The van der Waals surface area contributed by atoms with Crippen LogP contribution in [0.5, 0.6) is 0 Å². The molecule has 28 heavy (non-hydrogen) atoms. The highest BCUT2D eigenvalue weighted by Gasteiger charge is 2.53. The monoisotopic (exact) mass is 388 g/mol. The van der Waals surface area contributed by atoms with Crippen molar-refractivity contribution in [2.75, 3.05) is 13.1 Å². The van der Waals surface area contributed by atoms with E-state index in [4.69, 9.17) is 0 Å². The molecule has 1 saturated heterocycles. The maximum absolute atomic E-state index is 13.3. The fourth-order valence-electron chi connectivity index (χ4n) is 3.81. The number of benzene rings is 2. The van der Waals surface area contributed by atoms with Crippen molar-refractivity contribution in [3.05, 3.63) is 54.2 Å². The van der Waals surface area contributed by atoms with Crippen LogP contribution in [0.4, 0.5) is 13.2 Å². The van der Waals surface area contributed by atoms with E-state index < -0.39 is 43.0 Å². The molecule has 2 atom stereocenters. The normalized spacial score (nSPS) is 20.0. The molecule has 2 heterocycles. The van der Waals surface area contributed by atoms with Gasteiger partial charge in [0.05, 0.1) is 22.9 Å². The van der Waals surface area contributed by atoms with E-state index in [-0.39, 0.29) is 5.56 Å². The Balaban J connectivity index is 1.80. The SMILES string of the molecule is O=C(O)[C@@H]1CN(C(=O)c2cc3ccccc3c3cccnc23)C[C@H]1C(F)(F)F. The summed E-state index contributed by atoms with van der Waals surface area (Å²) in [6, 6.07) is 12.5. The molecule has 1 fully saturated rings. The second-order valence-corrected chi connectivity index (χ2v) is 6.85. The van der Waals surface area contributed by atoms with Crippen LogP contribution < -0.4 is 0 Å². The van der Waals surface area contributed by atoms with Crippen LogP contribution in [0.1, 0.15) is 10.4 Å². The van der Waals surface area contributed by atoms with Crippen molar-refractivity contribution in [3.63, 3.8) is 0 Å². The van der Waals surface area contributed by atoms with E-state index in [1.165, 1.54) is 6.20 Å². The number of carbonyl (C=O) groups excluding carboxylic acids is 1. The molecule has 1 amide bonds. The number of aliphatic carboxylic acids is 1. The van der Waals surface area contributed by atoms with Crippen LogP contribution in [0, 0.1) is 11.8 Å². The predicted molar refractivity (Wildman–Crippen MR) is 95.8 cm³/mol. The van der Waals surface area contributed by atoms with Crippen molar-refractivity contribution in [3.8, 4) is 0 Å². The second kappa shape index (κ2) is 6.47. The van der Waals surface area contributed by atoms with Crippen molar-refractivity contribution in [1.29, 1.82) is 0 Å². The molecule has 0 spiro atoms. The molecule has 8 heteroatoms. The van der Waals surface area contributed by atoms with Gasteiger partial charge >= 0.3 is 12.1 Å². The fourth-order valence-corrected chi connectivity index (χ4v) is 3.81. The highest BCUT2D eigenvalue weighted by atomic mass is 19.4. The maximum atomic E-state index is 13.3. The van der Waals surface area contributed by atoms with Gasteiger partial charge in [0.2, 0.25) is 0 Å². The second-order valence-electron chi connectivity index (χ2n) is 6.85. The molecule has 2 aromatic carbocycles. The van der Waals surface area contributed by atoms with Crippen LogP contribution in [0.15, 0.2) is 48.7 Å². The summed E-state index contributed by atoms with van der Waals surface area (Å²) in [5.41, 5.74) is 0.551. The first-order valence-electron chi connectivity index (χ1n) is 8.62. The number of likely N-dealkylation sites (tertiary alicyclic amines) is 1. The number of nitrogens with zero attached hydrogens (tertiary/aromatic N) is 2. The minimum Gasteiger partial charge on any atom is -0.481 e. The van der Waals surface area contributed by atoms with Crippen LogP contribution in [-0.2, 0) is 4.79 Å². The third-order valence-electron chi connectivity index (χ3n) is 5.19. The number of aromatic nitrogens is 1. The number of fused-ring (bicyclic) bond motifs is 3. The van der Waals surface area contributed by atoms with Gasteiger partial charge in [-0.25, -0.2) is 0 Å². The predicted octanol–water partition coefficient (Wildman–Crippen LogP) is 3.72. The molecule has 144 valence electrons. The lowest BCUT2D eigenvalue weighted by Crippen LogP contribution is -2.34. The van der Waals surface area contributed by atoms with Gasteiger partial charge in [-0.15, -0.1) is 0 Å². The lowest BCUT2D eigenvalue weighted by Gasteiger charge is -2.19. The Kier molecular flexibility index (Phi) is 4.21. The average molecular weight is 388 g/mol. The molecule has 1 aliphatic rings. The molecule has 0 saturated carbocycles. The van der Waals surface area contributed by atoms with Gasteiger partial charge < -0.3 is 10.0 Å². The zero-order valence-corrected chi connectivity index (χ0v) is 14.5. The van der Waals surface area contributed by atoms with Gasteiger partial charge in [-0.1, -0.05) is 30.3 Å². The molecule has 0 bridgehead atoms. The van der Waals surface area contributed by atoms with Gasteiger partial charge in [0.1, 0.15) is 0 Å². The minimum absolute atomic E-state index is 0.168. The highest BCUT2D eigenvalue weighted by Crippen LogP contribution is 2.39. The summed E-state index contributed by atoms with van der Waals surface area (Å²) in [6.45, 7) is -1.17. The number of hydrogen-bond acceptors (Lipinski definition) is 3. The zero-order chi connectivity index (χ0) is 20.1. The molecule has 5 nitrogen and oxygen atoms in total. The van der Waals surface area contributed by atoms with Gasteiger partial charge in [0.15, 0.2) is 0 Å². The van der Waals surface area contributed by atoms with Gasteiger partial charge in [0.25, 0.3) is 5.91 Å². The van der Waals surface area contributed by atoms with Crippen molar-refractivity contribution >= 4 is 33.6 Å². The Hall–Kier alpha value is -3.16. The first kappa shape index (κ1) is 18.2. The fraction of sp³-hybridized carbons (Fsp3) is 0.250. The average Bonchev–Trinajstić information content (AvgIpc) is 3.13. The molecule has 3 aromatic rings. The summed E-state index contributed by atoms with van der Waals surface area (Å²) in [6.07, 6.45) is -3.18. The van der Waals surface area contributed by atoms with E-state index in [1.54, 1.807) is 30.3 Å². The lowest BCUT2D eigenvalue weighted by molar-refractivity contribution is -0.187. The molecular weight excluding hydrogens is 373 g/mol. The molecule has 1 N–H and O–H groups in total. The Bertz CT molecular complexity index is 1100. The number of rotatable bonds is 2. The molecular formula is C20H15F3N2O3. The van der Waals surface area contributed by atoms with E-state index in [2.05, 4.69) is 4.98 Å². The summed E-state index contributed by atoms with van der Waals surface area (Å²) in [5, 5.41) is 11.5. The van der Waals surface area contributed by atoms with Crippen LogP contribution in [0.3, 0.4) is 0 Å². The van der Waals surface area contributed by atoms with Crippen LogP contribution in [0.25, 0.3) is 21.7 Å². The summed E-state index contributed by atoms with van der Waals surface area (Å²) in [4.78, 5) is 29.6. The van der Waals surface area contributed by atoms with Gasteiger partial charge in [-0.05, 0) is 22.9 Å². The summed E-state index contributed by atoms with van der Waals surface area (Å²) in [5.74, 6) is -5.97. The largest absolute Gasteiger partial charge is 0.481 e. The molecule has 1 aliphatic heterocycles. The van der Waals surface area contributed by atoms with Crippen molar-refractivity contribution < 1.29 is 27.9 Å². The number of alkyl halides is 3. The van der Waals surface area contributed by atoms with Crippen molar-refractivity contribution in [2.45, 2.75) is 6.18 Å². The van der Waals surface area contributed by atoms with Crippen LogP contribution in [-0.4, -0.2) is 46.1 Å². The number of carbonyl (C=O) groups is 2. The van der Waals surface area contributed by atoms with Gasteiger partial charge in [-0.2, -0.15) is 13.2 Å². The number of pyridine rings is 1. The van der Waals surface area contributed by atoms with Crippen LogP contribution >= 0.6 is 0 Å². The summed E-state index contributed by atoms with van der Waals surface area (Å²) >= 11 is 0. The highest BCUT2D eigenvalue weighted by molar-refractivity contribution is 6.15. The zero-order valence-electron chi connectivity index (χ0n) is 14.5. The van der Waals surface area contributed by atoms with E-state index in [0.717, 1.165) is 15.7 Å². The quantitative estimate of drug-likeness (QED) is 0.680. The smallest absolute Gasteiger partial charge is 0.394 e. The first-order chi connectivity index (χ1) is 13.3. The molecule has 4 rings (SSSR count). The van der Waals surface area contributed by atoms with Gasteiger partial charge in [-0.3, -0.25) is 14.6 Å². The molecule has 0 unspecified atom stereocenters. The van der Waals surface area contributed by atoms with E-state index in [9.17, 15) is 27.9 Å². The Labute approximate surface area is 157 Å². The third-order valence-corrected chi connectivity index (χ3v) is 5.19. The van der Waals surface area contributed by atoms with Crippen molar-refractivity contribution in [1.82, 2.24) is 9.88 Å². The summed E-state index contributed by atoms with van der Waals surface area (Å²) < 4.78 is 39.8. The molecule has 0 aliphatic carbocycles. The van der Waals surface area contributed by atoms with E-state index in [0.29, 0.717) is 10.9 Å². The molecule has 0 radical (unpaired) electrons. The minimum atomic E-state index is -4.69. The third kappa shape index (κ3) is 2.94. The van der Waals surface area contributed by atoms with E-state index >= 15 is 0 Å². The van der Waals surface area contributed by atoms with Gasteiger partial charge in [0, 0.05) is 24.7 Å². The standard InChI is InChI=1S/C20H15F3N2O3/c21-20(22,23)16-10-25(9-15(16)19(27)28)18(26)14-8-11-4-1-2-5-12(11)13-6-3-7-24-17(13)14/h1-8,15-16H,9-10H2,(H,27,28)/t15-,16-/m1/s1. The Morgan fingerprint density at radius 3 is 2.46 bits per heavy atom. The Morgan fingerprint density at radius 1 is 1.07 bits per heavy atom. The number of amides is 1.